The fraction of sp³-hybridized carbons (Fsp3) is 0.182. The molecule has 0 spiro atoms. The number of alkyl halides is 3. The molecule has 2 aromatic rings. The zero-order chi connectivity index (χ0) is 12.3. The number of aromatic nitrogens is 1. The van der Waals surface area contributed by atoms with Gasteiger partial charge in [-0.25, -0.2) is 0 Å². The molecular formula is C11H8ClF2NO2. The number of hydrogen-bond acceptors (Lipinski definition) is 3. The predicted molar refractivity (Wildman–Crippen MR) is 58.1 cm³/mol. The lowest BCUT2D eigenvalue weighted by Gasteiger charge is -2.03. The average molecular weight is 260 g/mol. The maximum Gasteiger partial charge on any atom is 0.387 e. The number of halogens is 3. The van der Waals surface area contributed by atoms with E-state index in [4.69, 9.17) is 16.1 Å². The second kappa shape index (κ2) is 5.14. The van der Waals surface area contributed by atoms with Gasteiger partial charge < -0.3 is 9.26 Å². The summed E-state index contributed by atoms with van der Waals surface area (Å²) in [6, 6.07) is 7.81. The largest absolute Gasteiger partial charge is 0.435 e. The second-order valence-corrected chi connectivity index (χ2v) is 3.48. The Morgan fingerprint density at radius 2 is 2.00 bits per heavy atom. The molecule has 0 aliphatic rings. The second-order valence-electron chi connectivity index (χ2n) is 3.21. The number of nitrogens with zero attached hydrogens (tertiary/aromatic N) is 1. The fourth-order valence-electron chi connectivity index (χ4n) is 1.32. The first-order valence-electron chi connectivity index (χ1n) is 4.76. The Morgan fingerprint density at radius 3 is 2.53 bits per heavy atom. The topological polar surface area (TPSA) is 35.3 Å². The van der Waals surface area contributed by atoms with Gasteiger partial charge in [-0.3, -0.25) is 0 Å². The van der Waals surface area contributed by atoms with Gasteiger partial charge in [0.05, 0.1) is 5.88 Å². The standard InChI is InChI=1S/C11H8ClF2NO2/c12-6-9-5-10(15-17-9)7-1-3-8(4-2-7)16-11(13)14/h1-5,11H,6H2. The molecule has 90 valence electrons. The zero-order valence-corrected chi connectivity index (χ0v) is 9.32. The van der Waals surface area contributed by atoms with Crippen LogP contribution in [0.2, 0.25) is 0 Å². The first kappa shape index (κ1) is 11.9. The lowest BCUT2D eigenvalue weighted by Crippen LogP contribution is -2.01. The molecule has 2 rings (SSSR count). The minimum absolute atomic E-state index is 0.102. The van der Waals surface area contributed by atoms with E-state index in [9.17, 15) is 8.78 Å². The molecule has 0 fully saturated rings. The summed E-state index contributed by atoms with van der Waals surface area (Å²) in [7, 11) is 0. The number of rotatable bonds is 4. The van der Waals surface area contributed by atoms with Crippen LogP contribution in [0.5, 0.6) is 5.75 Å². The highest BCUT2D eigenvalue weighted by atomic mass is 35.5. The quantitative estimate of drug-likeness (QED) is 0.786. The van der Waals surface area contributed by atoms with Crippen LogP contribution in [0.1, 0.15) is 5.76 Å². The Morgan fingerprint density at radius 1 is 1.29 bits per heavy atom. The molecule has 0 N–H and O–H groups in total. The molecule has 1 aromatic carbocycles. The molecule has 0 atom stereocenters. The highest BCUT2D eigenvalue weighted by Crippen LogP contribution is 2.23. The minimum atomic E-state index is -2.82. The maximum absolute atomic E-state index is 11.9. The molecule has 0 amide bonds. The van der Waals surface area contributed by atoms with E-state index in [0.717, 1.165) is 5.56 Å². The Bertz CT molecular complexity index is 484. The van der Waals surface area contributed by atoms with Crippen LogP contribution in [-0.4, -0.2) is 11.8 Å². The third-order valence-electron chi connectivity index (χ3n) is 2.07. The molecule has 0 saturated carbocycles. The van der Waals surface area contributed by atoms with Crippen molar-refractivity contribution in [3.05, 3.63) is 36.1 Å². The van der Waals surface area contributed by atoms with E-state index in [1.807, 2.05) is 0 Å². The number of ether oxygens (including phenoxy) is 1. The Balaban J connectivity index is 2.17. The average Bonchev–Trinajstić information content (AvgIpc) is 2.78. The Hall–Kier alpha value is -1.62. The molecule has 0 bridgehead atoms. The van der Waals surface area contributed by atoms with Crippen LogP contribution >= 0.6 is 11.6 Å². The van der Waals surface area contributed by atoms with Crippen LogP contribution < -0.4 is 4.74 Å². The summed E-state index contributed by atoms with van der Waals surface area (Å²) in [5, 5.41) is 3.80. The summed E-state index contributed by atoms with van der Waals surface area (Å²) in [6.07, 6.45) is 0. The van der Waals surface area contributed by atoms with Crippen LogP contribution in [-0.2, 0) is 5.88 Å². The third kappa shape index (κ3) is 2.94. The predicted octanol–water partition coefficient (Wildman–Crippen LogP) is 3.68. The number of hydrogen-bond donors (Lipinski definition) is 0. The zero-order valence-electron chi connectivity index (χ0n) is 8.57. The van der Waals surface area contributed by atoms with Crippen LogP contribution in [0, 0.1) is 0 Å². The van der Waals surface area contributed by atoms with Crippen molar-refractivity contribution in [3.8, 4) is 17.0 Å². The Kier molecular flexibility index (Phi) is 3.58. The Labute approximate surface area is 101 Å². The van der Waals surface area contributed by atoms with Gasteiger partial charge in [0.1, 0.15) is 11.4 Å². The molecule has 1 heterocycles. The van der Waals surface area contributed by atoms with Crippen LogP contribution in [0.25, 0.3) is 11.3 Å². The van der Waals surface area contributed by atoms with Crippen LogP contribution in [0.3, 0.4) is 0 Å². The van der Waals surface area contributed by atoms with E-state index in [2.05, 4.69) is 9.89 Å². The third-order valence-corrected chi connectivity index (χ3v) is 2.33. The van der Waals surface area contributed by atoms with Crippen LogP contribution in [0.4, 0.5) is 8.78 Å². The monoisotopic (exact) mass is 259 g/mol. The van der Waals surface area contributed by atoms with Gasteiger partial charge in [-0.05, 0) is 24.3 Å². The van der Waals surface area contributed by atoms with Gasteiger partial charge >= 0.3 is 6.61 Å². The van der Waals surface area contributed by atoms with Crippen molar-refractivity contribution in [3.63, 3.8) is 0 Å². The molecule has 3 nitrogen and oxygen atoms in total. The highest BCUT2D eigenvalue weighted by molar-refractivity contribution is 6.16. The highest BCUT2D eigenvalue weighted by Gasteiger charge is 2.07. The van der Waals surface area contributed by atoms with Gasteiger partial charge in [0.15, 0.2) is 5.76 Å². The number of benzene rings is 1. The smallest absolute Gasteiger partial charge is 0.387 e. The van der Waals surface area contributed by atoms with E-state index in [-0.39, 0.29) is 11.6 Å². The summed E-state index contributed by atoms with van der Waals surface area (Å²) >= 11 is 5.57. The molecule has 0 aliphatic carbocycles. The van der Waals surface area contributed by atoms with Gasteiger partial charge in [-0.1, -0.05) is 5.16 Å². The first-order valence-corrected chi connectivity index (χ1v) is 5.29. The summed E-state index contributed by atoms with van der Waals surface area (Å²) < 4.78 is 33.0. The van der Waals surface area contributed by atoms with Crippen molar-refractivity contribution in [2.24, 2.45) is 0 Å². The van der Waals surface area contributed by atoms with E-state index >= 15 is 0 Å². The van der Waals surface area contributed by atoms with Crippen molar-refractivity contribution < 1.29 is 18.0 Å². The van der Waals surface area contributed by atoms with Gasteiger partial charge in [0.25, 0.3) is 0 Å². The lowest BCUT2D eigenvalue weighted by molar-refractivity contribution is -0.0498. The van der Waals surface area contributed by atoms with Crippen molar-refractivity contribution >= 4 is 11.6 Å². The minimum Gasteiger partial charge on any atom is -0.435 e. The van der Waals surface area contributed by atoms with E-state index < -0.39 is 6.61 Å². The SMILES string of the molecule is FC(F)Oc1ccc(-c2cc(CCl)on2)cc1. The van der Waals surface area contributed by atoms with Gasteiger partial charge in [-0.15, -0.1) is 11.6 Å². The van der Waals surface area contributed by atoms with Crippen molar-refractivity contribution in [2.75, 3.05) is 0 Å². The van der Waals surface area contributed by atoms with E-state index in [1.54, 1.807) is 18.2 Å². The molecule has 1 aromatic heterocycles. The molecule has 0 unspecified atom stereocenters. The van der Waals surface area contributed by atoms with Crippen molar-refractivity contribution in [2.45, 2.75) is 12.5 Å². The molecular weight excluding hydrogens is 252 g/mol. The summed E-state index contributed by atoms with van der Waals surface area (Å²) in [5.74, 6) is 0.888. The molecule has 6 heteroatoms. The normalized spacial score (nSPS) is 10.8. The summed E-state index contributed by atoms with van der Waals surface area (Å²) in [6.45, 7) is -2.82. The first-order chi connectivity index (χ1) is 8.19. The maximum atomic E-state index is 11.9. The lowest BCUT2D eigenvalue weighted by atomic mass is 10.1. The van der Waals surface area contributed by atoms with Gasteiger partial charge in [0, 0.05) is 11.6 Å². The molecule has 0 saturated heterocycles. The van der Waals surface area contributed by atoms with Crippen molar-refractivity contribution in [1.82, 2.24) is 5.16 Å². The summed E-state index contributed by atoms with van der Waals surface area (Å²) in [4.78, 5) is 0. The van der Waals surface area contributed by atoms with Gasteiger partial charge in [-0.2, -0.15) is 8.78 Å². The fourth-order valence-corrected chi connectivity index (χ4v) is 1.45. The van der Waals surface area contributed by atoms with Gasteiger partial charge in [0.2, 0.25) is 0 Å². The van der Waals surface area contributed by atoms with E-state index in [0.29, 0.717) is 11.5 Å². The van der Waals surface area contributed by atoms with Crippen molar-refractivity contribution in [1.29, 1.82) is 0 Å². The van der Waals surface area contributed by atoms with Crippen LogP contribution in [0.15, 0.2) is 34.9 Å². The summed E-state index contributed by atoms with van der Waals surface area (Å²) in [5.41, 5.74) is 1.34. The molecule has 0 radical (unpaired) electrons. The molecule has 0 aliphatic heterocycles. The van der Waals surface area contributed by atoms with E-state index in [1.165, 1.54) is 12.1 Å². The molecule has 17 heavy (non-hydrogen) atoms.